The second-order valence-corrected chi connectivity index (χ2v) is 11.0. The number of nitrogens with one attached hydrogen (secondary N) is 2. The van der Waals surface area contributed by atoms with E-state index in [1.54, 1.807) is 0 Å². The van der Waals surface area contributed by atoms with Gasteiger partial charge in [-0.05, 0) is 84.6 Å². The Bertz CT molecular complexity index is 480. The molecule has 0 spiro atoms. The van der Waals surface area contributed by atoms with Crippen LogP contribution in [0.15, 0.2) is 0 Å². The zero-order chi connectivity index (χ0) is 19.5. The molecule has 0 unspecified atom stereocenters. The molecule has 0 radical (unpaired) electrons. The third kappa shape index (κ3) is 6.74. The molecule has 2 N–H and O–H groups in total. The fraction of sp³-hybridized carbons (Fsp3) is 0.957. The second kappa shape index (κ2) is 8.82. The fourth-order valence-electron chi connectivity index (χ4n) is 6.30. The van der Waals surface area contributed by atoms with E-state index in [1.165, 1.54) is 51.6 Å². The molecule has 3 fully saturated rings. The minimum atomic E-state index is 0.119. The van der Waals surface area contributed by atoms with Crippen LogP contribution in [0.4, 0.5) is 0 Å². The molecule has 4 nitrogen and oxygen atoms in total. The van der Waals surface area contributed by atoms with E-state index in [1.807, 2.05) is 0 Å². The predicted octanol–water partition coefficient (Wildman–Crippen LogP) is 4.09. The fourth-order valence-corrected chi connectivity index (χ4v) is 6.30. The van der Waals surface area contributed by atoms with Gasteiger partial charge in [0.25, 0.3) is 0 Å². The number of hydrogen-bond donors (Lipinski definition) is 2. The summed E-state index contributed by atoms with van der Waals surface area (Å²) in [6.45, 7) is 12.6. The molecule has 156 valence electrons. The van der Waals surface area contributed by atoms with Gasteiger partial charge in [-0.3, -0.25) is 4.79 Å². The Kier molecular flexibility index (Phi) is 6.89. The van der Waals surface area contributed by atoms with Crippen LogP contribution in [0.1, 0.15) is 91.9 Å². The molecular weight excluding hydrogens is 334 g/mol. The Morgan fingerprint density at radius 3 is 2.30 bits per heavy atom. The summed E-state index contributed by atoms with van der Waals surface area (Å²) >= 11 is 0. The first kappa shape index (κ1) is 21.1. The first-order valence-corrected chi connectivity index (χ1v) is 11.5. The van der Waals surface area contributed by atoms with Crippen LogP contribution < -0.4 is 10.6 Å². The van der Waals surface area contributed by atoms with Crippen LogP contribution >= 0.6 is 0 Å². The lowest BCUT2D eigenvalue weighted by Gasteiger charge is -2.46. The van der Waals surface area contributed by atoms with Crippen LogP contribution in [0.25, 0.3) is 0 Å². The molecule has 0 aromatic rings. The van der Waals surface area contributed by atoms with Gasteiger partial charge in [-0.1, -0.05) is 19.3 Å². The first-order chi connectivity index (χ1) is 12.7. The van der Waals surface area contributed by atoms with Gasteiger partial charge in [-0.2, -0.15) is 0 Å². The summed E-state index contributed by atoms with van der Waals surface area (Å²) in [5.74, 6) is 1.66. The Labute approximate surface area is 167 Å². The SMILES string of the molecule is CC1(C)CC(CC(=O)N[C@H]2CCCN(CC3CCCCC3)C2)CC(C)(C)N1. The van der Waals surface area contributed by atoms with Gasteiger partial charge in [0.2, 0.25) is 5.91 Å². The quantitative estimate of drug-likeness (QED) is 0.758. The average molecular weight is 378 g/mol. The summed E-state index contributed by atoms with van der Waals surface area (Å²) in [5.41, 5.74) is 0.239. The molecule has 1 amide bonds. The Hall–Kier alpha value is -0.610. The summed E-state index contributed by atoms with van der Waals surface area (Å²) in [5, 5.41) is 7.11. The van der Waals surface area contributed by atoms with Crippen molar-refractivity contribution in [3.8, 4) is 0 Å². The average Bonchev–Trinajstić information content (AvgIpc) is 2.52. The number of rotatable bonds is 5. The van der Waals surface area contributed by atoms with Crippen LogP contribution in [-0.4, -0.2) is 47.6 Å². The molecule has 1 saturated carbocycles. The van der Waals surface area contributed by atoms with Crippen molar-refractivity contribution in [1.82, 2.24) is 15.5 Å². The zero-order valence-electron chi connectivity index (χ0n) is 18.3. The maximum absolute atomic E-state index is 12.7. The van der Waals surface area contributed by atoms with Crippen LogP contribution in [0, 0.1) is 11.8 Å². The van der Waals surface area contributed by atoms with Crippen molar-refractivity contribution < 1.29 is 4.79 Å². The second-order valence-electron chi connectivity index (χ2n) is 11.0. The van der Waals surface area contributed by atoms with E-state index in [0.29, 0.717) is 18.4 Å². The van der Waals surface area contributed by atoms with E-state index in [9.17, 15) is 4.79 Å². The van der Waals surface area contributed by atoms with Gasteiger partial charge in [-0.15, -0.1) is 0 Å². The minimum Gasteiger partial charge on any atom is -0.352 e. The van der Waals surface area contributed by atoms with Crippen LogP contribution in [-0.2, 0) is 4.79 Å². The van der Waals surface area contributed by atoms with Gasteiger partial charge in [0.15, 0.2) is 0 Å². The topological polar surface area (TPSA) is 44.4 Å². The van der Waals surface area contributed by atoms with E-state index >= 15 is 0 Å². The number of carbonyl (C=O) groups is 1. The number of carbonyl (C=O) groups excluding carboxylic acids is 1. The van der Waals surface area contributed by atoms with Gasteiger partial charge >= 0.3 is 0 Å². The van der Waals surface area contributed by atoms with E-state index < -0.39 is 0 Å². The van der Waals surface area contributed by atoms with Crippen LogP contribution in [0.3, 0.4) is 0 Å². The summed E-state index contributed by atoms with van der Waals surface area (Å²) in [4.78, 5) is 15.4. The molecule has 0 bridgehead atoms. The largest absolute Gasteiger partial charge is 0.352 e. The molecule has 3 rings (SSSR count). The van der Waals surface area contributed by atoms with Gasteiger partial charge in [0.1, 0.15) is 0 Å². The van der Waals surface area contributed by atoms with Crippen LogP contribution in [0.2, 0.25) is 0 Å². The summed E-state index contributed by atoms with van der Waals surface area (Å²) in [6, 6.07) is 0.359. The van der Waals surface area contributed by atoms with Crippen molar-refractivity contribution in [2.45, 2.75) is 109 Å². The van der Waals surface area contributed by atoms with Gasteiger partial charge in [0.05, 0.1) is 0 Å². The van der Waals surface area contributed by atoms with E-state index in [0.717, 1.165) is 31.7 Å². The summed E-state index contributed by atoms with van der Waals surface area (Å²) in [6.07, 6.45) is 12.3. The highest BCUT2D eigenvalue weighted by molar-refractivity contribution is 5.76. The van der Waals surface area contributed by atoms with Crippen LogP contribution in [0.5, 0.6) is 0 Å². The van der Waals surface area contributed by atoms with Gasteiger partial charge in [-0.25, -0.2) is 0 Å². The maximum Gasteiger partial charge on any atom is 0.220 e. The molecule has 1 aliphatic carbocycles. The molecule has 2 saturated heterocycles. The number of amides is 1. The molecular formula is C23H43N3O. The number of hydrogen-bond acceptors (Lipinski definition) is 3. The normalized spacial score (nSPS) is 30.1. The molecule has 1 atom stereocenters. The Morgan fingerprint density at radius 1 is 0.963 bits per heavy atom. The van der Waals surface area contributed by atoms with Crippen molar-refractivity contribution in [3.05, 3.63) is 0 Å². The Morgan fingerprint density at radius 2 is 1.63 bits per heavy atom. The molecule has 0 aromatic heterocycles. The van der Waals surface area contributed by atoms with Gasteiger partial charge in [0, 0.05) is 36.6 Å². The molecule has 2 aliphatic heterocycles. The van der Waals surface area contributed by atoms with Crippen molar-refractivity contribution in [1.29, 1.82) is 0 Å². The standard InChI is InChI=1S/C23H43N3O/c1-22(2)14-19(15-23(3,4)25-22)13-21(27)24-20-11-8-12-26(17-20)16-18-9-6-5-7-10-18/h18-20,25H,5-17H2,1-4H3,(H,24,27)/t20-/m0/s1. The zero-order valence-corrected chi connectivity index (χ0v) is 18.3. The molecule has 3 aliphatic rings. The van der Waals surface area contributed by atoms with Gasteiger partial charge < -0.3 is 15.5 Å². The highest BCUT2D eigenvalue weighted by Gasteiger charge is 2.38. The number of piperidine rings is 2. The monoisotopic (exact) mass is 377 g/mol. The molecule has 0 aromatic carbocycles. The van der Waals surface area contributed by atoms with Crippen molar-refractivity contribution in [3.63, 3.8) is 0 Å². The Balaban J connectivity index is 1.44. The highest BCUT2D eigenvalue weighted by Crippen LogP contribution is 2.34. The van der Waals surface area contributed by atoms with Crippen molar-refractivity contribution >= 4 is 5.91 Å². The van der Waals surface area contributed by atoms with E-state index in [2.05, 4.69) is 43.2 Å². The molecule has 27 heavy (non-hydrogen) atoms. The lowest BCUT2D eigenvalue weighted by Crippen LogP contribution is -2.58. The summed E-state index contributed by atoms with van der Waals surface area (Å²) < 4.78 is 0. The smallest absolute Gasteiger partial charge is 0.220 e. The van der Waals surface area contributed by atoms with Crippen molar-refractivity contribution in [2.75, 3.05) is 19.6 Å². The number of likely N-dealkylation sites (tertiary alicyclic amines) is 1. The lowest BCUT2D eigenvalue weighted by molar-refractivity contribution is -0.123. The molecule has 4 heteroatoms. The third-order valence-corrected chi connectivity index (χ3v) is 6.86. The number of nitrogens with zero attached hydrogens (tertiary/aromatic N) is 1. The van der Waals surface area contributed by atoms with E-state index in [4.69, 9.17) is 0 Å². The highest BCUT2D eigenvalue weighted by atomic mass is 16.1. The predicted molar refractivity (Wildman–Crippen MR) is 113 cm³/mol. The third-order valence-electron chi connectivity index (χ3n) is 6.86. The molecule has 2 heterocycles. The summed E-state index contributed by atoms with van der Waals surface area (Å²) in [7, 11) is 0. The minimum absolute atomic E-state index is 0.119. The lowest BCUT2D eigenvalue weighted by atomic mass is 9.74. The van der Waals surface area contributed by atoms with Crippen molar-refractivity contribution in [2.24, 2.45) is 11.8 Å². The van der Waals surface area contributed by atoms with E-state index in [-0.39, 0.29) is 17.0 Å². The first-order valence-electron chi connectivity index (χ1n) is 11.5. The maximum atomic E-state index is 12.7.